The van der Waals surface area contributed by atoms with Crippen molar-refractivity contribution in [1.29, 1.82) is 0 Å². The summed E-state index contributed by atoms with van der Waals surface area (Å²) in [6, 6.07) is 0. The molecule has 6 heteroatoms. The van der Waals surface area contributed by atoms with Crippen LogP contribution in [0, 0.1) is 0 Å². The molecule has 0 aromatic rings. The maximum absolute atomic E-state index is 8.74. The zero-order valence-corrected chi connectivity index (χ0v) is 7.03. The predicted octanol–water partition coefficient (Wildman–Crippen LogP) is -4.08. The second kappa shape index (κ2) is 9.32. The van der Waals surface area contributed by atoms with Crippen molar-refractivity contribution in [1.82, 2.24) is 0 Å². The molecule has 0 aromatic carbocycles. The molecule has 0 atom stereocenters. The summed E-state index contributed by atoms with van der Waals surface area (Å²) in [6.45, 7) is 0. The Balaban J connectivity index is -0.0000000150. The van der Waals surface area contributed by atoms with E-state index in [1.54, 1.807) is 0 Å². The molecule has 0 aromatic heterocycles. The Hall–Kier alpha value is 0.907. The average Bonchev–Trinajstić information content (AvgIpc) is 0.811. The largest absolute Gasteiger partial charge is 1.00 e. The van der Waals surface area contributed by atoms with Gasteiger partial charge >= 0.3 is 38.7 Å². The third-order valence-corrected chi connectivity index (χ3v) is 0. The molecule has 0 spiro atoms. The summed E-state index contributed by atoms with van der Waals surface area (Å²) in [5, 5.41) is 0. The molecule has 0 aliphatic carbocycles. The van der Waals surface area contributed by atoms with E-state index in [1.807, 2.05) is 0 Å². The van der Waals surface area contributed by atoms with Crippen LogP contribution in [0.25, 0.3) is 0 Å². The van der Waals surface area contributed by atoms with Gasteiger partial charge in [0, 0.05) is 0 Å². The van der Waals surface area contributed by atoms with Gasteiger partial charge in [0.1, 0.15) is 0 Å². The van der Waals surface area contributed by atoms with E-state index in [1.165, 1.54) is 0 Å². The van der Waals surface area contributed by atoms with Gasteiger partial charge in [0.05, 0.1) is 0 Å². The second-order valence-corrected chi connectivity index (χ2v) is 0.848. The van der Waals surface area contributed by atoms with Crippen LogP contribution in [0.5, 0.6) is 0 Å². The molecule has 6 heavy (non-hydrogen) atoms. The molecule has 0 saturated carbocycles. The SMILES string of the molecule is Cl.O=[Si](O)O.[H-].[Na+]. The van der Waals surface area contributed by atoms with Gasteiger partial charge in [0.2, 0.25) is 0 Å². The van der Waals surface area contributed by atoms with Gasteiger partial charge in [-0.3, -0.25) is 4.46 Å². The summed E-state index contributed by atoms with van der Waals surface area (Å²) in [5.41, 5.74) is 0. The molecule has 0 unspecified atom stereocenters. The summed E-state index contributed by atoms with van der Waals surface area (Å²) in [5.74, 6) is 0. The van der Waals surface area contributed by atoms with Crippen LogP contribution in [0.4, 0.5) is 0 Å². The molecule has 0 rings (SSSR count). The fourth-order valence-electron chi connectivity index (χ4n) is 0. The van der Waals surface area contributed by atoms with Crippen LogP contribution in [-0.4, -0.2) is 18.8 Å². The van der Waals surface area contributed by atoms with Crippen LogP contribution >= 0.6 is 12.4 Å². The maximum atomic E-state index is 8.74. The van der Waals surface area contributed by atoms with E-state index in [2.05, 4.69) is 0 Å². The first-order valence-corrected chi connectivity index (χ1v) is 1.95. The van der Waals surface area contributed by atoms with Crippen LogP contribution in [0.15, 0.2) is 0 Å². The molecule has 0 heterocycles. The van der Waals surface area contributed by atoms with E-state index < -0.39 is 9.17 Å². The van der Waals surface area contributed by atoms with Crippen LogP contribution in [-0.2, 0) is 4.46 Å². The Kier molecular flexibility index (Phi) is 24.5. The molecule has 0 bridgehead atoms. The molecule has 2 N–H and O–H groups in total. The predicted molar refractivity (Wildman–Crippen MR) is 19.2 cm³/mol. The monoisotopic (exact) mass is 138 g/mol. The number of rotatable bonds is 0. The average molecular weight is 139 g/mol. The molecule has 0 radical (unpaired) electrons. The van der Waals surface area contributed by atoms with Crippen LogP contribution < -0.4 is 29.6 Å². The molecule has 3 nitrogen and oxygen atoms in total. The van der Waals surface area contributed by atoms with Gasteiger partial charge in [0.25, 0.3) is 0 Å². The maximum Gasteiger partial charge on any atom is 1.00 e. The molecule has 0 amide bonds. The summed E-state index contributed by atoms with van der Waals surface area (Å²) < 4.78 is 8.74. The topological polar surface area (TPSA) is 57.5 Å². The van der Waals surface area contributed by atoms with Crippen molar-refractivity contribution in [3.63, 3.8) is 0 Å². The van der Waals surface area contributed by atoms with E-state index in [0.29, 0.717) is 0 Å². The van der Waals surface area contributed by atoms with Crippen LogP contribution in [0.2, 0.25) is 0 Å². The van der Waals surface area contributed by atoms with Crippen molar-refractivity contribution in [2.45, 2.75) is 0 Å². The van der Waals surface area contributed by atoms with Gasteiger partial charge in [0.15, 0.2) is 0 Å². The van der Waals surface area contributed by atoms with Crippen molar-refractivity contribution in [3.8, 4) is 0 Å². The third-order valence-electron chi connectivity index (χ3n) is 0. The molecular weight excluding hydrogens is 135 g/mol. The quantitative estimate of drug-likeness (QED) is 0.335. The van der Waals surface area contributed by atoms with Gasteiger partial charge in [-0.1, -0.05) is 0 Å². The van der Waals surface area contributed by atoms with Gasteiger partial charge in [-0.25, -0.2) is 0 Å². The standard InChI is InChI=1S/ClH.Na.H2O3Si.H/c;;1-4(2)3;/h1H;;1-2H;/q;+1;;-1. The fourth-order valence-corrected chi connectivity index (χ4v) is 0. The van der Waals surface area contributed by atoms with Crippen molar-refractivity contribution >= 4 is 21.6 Å². The van der Waals surface area contributed by atoms with E-state index in [0.717, 1.165) is 0 Å². The fraction of sp³-hybridized carbons (Fsp3) is 0. The Morgan fingerprint density at radius 1 is 1.50 bits per heavy atom. The zero-order chi connectivity index (χ0) is 3.58. The Labute approximate surface area is 66.5 Å². The van der Waals surface area contributed by atoms with Crippen LogP contribution in [0.1, 0.15) is 1.43 Å². The summed E-state index contributed by atoms with van der Waals surface area (Å²) in [4.78, 5) is 14.3. The summed E-state index contributed by atoms with van der Waals surface area (Å²) in [6.07, 6.45) is 0. The minimum absolute atomic E-state index is 0. The number of halogens is 1. The minimum atomic E-state index is -3.13. The molecule has 0 aliphatic rings. The number of hydrogen-bond acceptors (Lipinski definition) is 1. The van der Waals surface area contributed by atoms with E-state index >= 15 is 0 Å². The molecule has 0 fully saturated rings. The van der Waals surface area contributed by atoms with Crippen molar-refractivity contribution in [2.24, 2.45) is 0 Å². The van der Waals surface area contributed by atoms with E-state index in [4.69, 9.17) is 14.1 Å². The molecule has 0 aliphatic heterocycles. The van der Waals surface area contributed by atoms with Crippen LogP contribution in [0.3, 0.4) is 0 Å². The van der Waals surface area contributed by atoms with Gasteiger partial charge in [-0.2, -0.15) is 0 Å². The van der Waals surface area contributed by atoms with Crippen molar-refractivity contribution in [3.05, 3.63) is 0 Å². The van der Waals surface area contributed by atoms with Crippen molar-refractivity contribution in [2.75, 3.05) is 0 Å². The molecular formula is H4ClNaO3Si. The smallest absolute Gasteiger partial charge is 1.00 e. The molecule has 0 saturated heterocycles. The normalized spacial score (nSPS) is 4.00. The van der Waals surface area contributed by atoms with Gasteiger partial charge in [-0.15, -0.1) is 12.4 Å². The second-order valence-electron chi connectivity index (χ2n) is 0.283. The van der Waals surface area contributed by atoms with E-state index in [9.17, 15) is 0 Å². The zero-order valence-electron chi connectivity index (χ0n) is 4.21. The Morgan fingerprint density at radius 3 is 1.50 bits per heavy atom. The first kappa shape index (κ1) is 15.8. The Morgan fingerprint density at radius 2 is 1.50 bits per heavy atom. The number of hydrogen-bond donors (Lipinski definition) is 2. The third kappa shape index (κ3) is 91.1. The van der Waals surface area contributed by atoms with Gasteiger partial charge < -0.3 is 11.0 Å². The Bertz CT molecular complexity index is 37.9. The van der Waals surface area contributed by atoms with Crippen molar-refractivity contribution < 1.29 is 45.0 Å². The summed E-state index contributed by atoms with van der Waals surface area (Å²) >= 11 is 0. The first-order chi connectivity index (χ1) is 1.73. The molecule has 34 valence electrons. The summed E-state index contributed by atoms with van der Waals surface area (Å²) in [7, 11) is -3.13. The van der Waals surface area contributed by atoms with Gasteiger partial charge in [-0.05, 0) is 0 Å². The minimum Gasteiger partial charge on any atom is -1.00 e. The first-order valence-electron chi connectivity index (χ1n) is 0.651. The van der Waals surface area contributed by atoms with E-state index in [-0.39, 0.29) is 43.4 Å².